The molecular formula is C28H32ClF3N8O6S2. The predicted octanol–water partition coefficient (Wildman–Crippen LogP) is 2.87. The topological polar surface area (TPSA) is 167 Å². The molecule has 1 saturated carbocycles. The van der Waals surface area contributed by atoms with Crippen LogP contribution in [-0.4, -0.2) is 111 Å². The second-order valence-electron chi connectivity index (χ2n) is 11.5. The Balaban J connectivity index is 1.30. The Bertz CT molecular complexity index is 1870. The van der Waals surface area contributed by atoms with E-state index in [0.29, 0.717) is 18.5 Å². The fourth-order valence-corrected chi connectivity index (χ4v) is 8.59. The number of piperazine rings is 1. The number of hydrogen-bond donors (Lipinski definition) is 2. The number of anilines is 3. The van der Waals surface area contributed by atoms with Gasteiger partial charge >= 0.3 is 12.2 Å². The first kappa shape index (κ1) is 35.5. The summed E-state index contributed by atoms with van der Waals surface area (Å²) in [5.74, 6) is -1.07. The molecule has 48 heavy (non-hydrogen) atoms. The molecule has 0 bridgehead atoms. The van der Waals surface area contributed by atoms with Crippen molar-refractivity contribution in [2.75, 3.05) is 63.6 Å². The van der Waals surface area contributed by atoms with Gasteiger partial charge in [0, 0.05) is 44.0 Å². The predicted molar refractivity (Wildman–Crippen MR) is 170 cm³/mol. The van der Waals surface area contributed by atoms with E-state index < -0.39 is 49.5 Å². The molecule has 0 unspecified atom stereocenters. The minimum Gasteiger partial charge on any atom is -0.454 e. The molecule has 2 heterocycles. The molecule has 5 rings (SSSR count). The maximum Gasteiger partial charge on any atom is 0.422 e. The first-order valence-electron chi connectivity index (χ1n) is 14.5. The molecule has 1 aliphatic carbocycles. The zero-order valence-corrected chi connectivity index (χ0v) is 28.1. The van der Waals surface area contributed by atoms with E-state index in [1.165, 1.54) is 40.7 Å². The molecule has 2 N–H and O–H groups in total. The lowest BCUT2D eigenvalue weighted by Crippen LogP contribution is -2.49. The lowest BCUT2D eigenvalue weighted by molar-refractivity contribution is -0.154. The summed E-state index contributed by atoms with van der Waals surface area (Å²) in [6.07, 6.45) is -3.79. The van der Waals surface area contributed by atoms with E-state index in [2.05, 4.69) is 25.0 Å². The summed E-state index contributed by atoms with van der Waals surface area (Å²) in [6, 6.07) is 11.0. The van der Waals surface area contributed by atoms with Crippen LogP contribution in [-0.2, 0) is 20.0 Å². The molecule has 2 aromatic carbocycles. The van der Waals surface area contributed by atoms with Gasteiger partial charge < -0.3 is 19.9 Å². The molecule has 20 heteroatoms. The van der Waals surface area contributed by atoms with Crippen molar-refractivity contribution in [1.29, 1.82) is 0 Å². The SMILES string of the molecule is CN(C)CC1(S(=O)(=O)NC(=O)c2ccc(Nc3nc(OCC(F)(F)F)nc(N4CCN(S(=O)(=O)c5ccccc5Cl)CC4)n3)cc2)CC1. The van der Waals surface area contributed by atoms with Crippen molar-refractivity contribution in [1.82, 2.24) is 28.9 Å². The van der Waals surface area contributed by atoms with E-state index in [-0.39, 0.29) is 60.1 Å². The summed E-state index contributed by atoms with van der Waals surface area (Å²) < 4.78 is 98.0. The Labute approximate surface area is 280 Å². The molecule has 2 fully saturated rings. The second-order valence-corrected chi connectivity index (χ2v) is 15.9. The maximum atomic E-state index is 13.1. The van der Waals surface area contributed by atoms with Gasteiger partial charge in [-0.1, -0.05) is 23.7 Å². The molecule has 0 spiro atoms. The van der Waals surface area contributed by atoms with Crippen molar-refractivity contribution >= 4 is 55.1 Å². The Morgan fingerprint density at radius 3 is 2.21 bits per heavy atom. The van der Waals surface area contributed by atoms with Gasteiger partial charge in [0.2, 0.25) is 31.9 Å². The Kier molecular flexibility index (Phi) is 10.1. The van der Waals surface area contributed by atoms with E-state index in [1.54, 1.807) is 36.0 Å². The Morgan fingerprint density at radius 2 is 1.62 bits per heavy atom. The van der Waals surface area contributed by atoms with Crippen LogP contribution in [0, 0.1) is 0 Å². The summed E-state index contributed by atoms with van der Waals surface area (Å²) >= 11 is 6.11. The Morgan fingerprint density at radius 1 is 0.979 bits per heavy atom. The molecule has 0 radical (unpaired) electrons. The highest BCUT2D eigenvalue weighted by molar-refractivity contribution is 7.91. The number of benzene rings is 2. The third-order valence-electron chi connectivity index (χ3n) is 7.56. The van der Waals surface area contributed by atoms with Crippen molar-refractivity contribution in [3.8, 4) is 6.01 Å². The molecule has 3 aromatic rings. The van der Waals surface area contributed by atoms with Crippen molar-refractivity contribution < 1.29 is 39.5 Å². The highest BCUT2D eigenvalue weighted by Gasteiger charge is 2.55. The van der Waals surface area contributed by atoms with Gasteiger partial charge in [0.05, 0.1) is 5.02 Å². The van der Waals surface area contributed by atoms with Gasteiger partial charge in [0.1, 0.15) is 9.64 Å². The van der Waals surface area contributed by atoms with Gasteiger partial charge in [-0.15, -0.1) is 0 Å². The van der Waals surface area contributed by atoms with Gasteiger partial charge in [-0.05, 0) is 63.3 Å². The lowest BCUT2D eigenvalue weighted by Gasteiger charge is -2.34. The summed E-state index contributed by atoms with van der Waals surface area (Å²) in [7, 11) is -4.35. The minimum atomic E-state index is -4.67. The Hall–Kier alpha value is -3.78. The average Bonchev–Trinajstić information content (AvgIpc) is 3.81. The molecule has 1 aromatic heterocycles. The van der Waals surface area contributed by atoms with Gasteiger partial charge in [-0.2, -0.15) is 32.4 Å². The van der Waals surface area contributed by atoms with E-state index in [1.807, 2.05) is 0 Å². The fraction of sp³-hybridized carbons (Fsp3) is 0.429. The van der Waals surface area contributed by atoms with Crippen LogP contribution in [0.4, 0.5) is 30.8 Å². The molecule has 260 valence electrons. The van der Waals surface area contributed by atoms with Gasteiger partial charge in [-0.3, -0.25) is 4.79 Å². The summed E-state index contributed by atoms with van der Waals surface area (Å²) in [6.45, 7) is -1.18. The molecule has 14 nitrogen and oxygen atoms in total. The number of amides is 1. The smallest absolute Gasteiger partial charge is 0.422 e. The first-order valence-corrected chi connectivity index (χ1v) is 17.8. The van der Waals surface area contributed by atoms with E-state index in [0.717, 1.165) is 0 Å². The minimum absolute atomic E-state index is 0.0102. The normalized spacial score (nSPS) is 16.9. The zero-order valence-electron chi connectivity index (χ0n) is 25.7. The first-order chi connectivity index (χ1) is 22.5. The van der Waals surface area contributed by atoms with Crippen molar-refractivity contribution in [2.24, 2.45) is 0 Å². The van der Waals surface area contributed by atoms with Crippen molar-refractivity contribution in [3.63, 3.8) is 0 Å². The number of ether oxygens (including phenoxy) is 1. The quantitative estimate of drug-likeness (QED) is 0.280. The standard InChI is InChI=1S/C28H32ClF3N8O6S2/c1-38(2)17-27(11-12-27)48(44,45)37-23(41)19-7-9-20(10-8-19)33-24-34-25(36-26(35-24)46-18-28(30,31)32)39-13-15-40(16-14-39)47(42,43)22-6-4-3-5-21(22)29/h3-10H,11-18H2,1-2H3,(H,37,41)(H,33,34,35,36). The average molecular weight is 733 g/mol. The fourth-order valence-electron chi connectivity index (χ4n) is 5.03. The molecule has 2 aliphatic rings. The van der Waals surface area contributed by atoms with Crippen LogP contribution in [0.3, 0.4) is 0 Å². The summed E-state index contributed by atoms with van der Waals surface area (Å²) in [5, 5.41) is 2.90. The highest BCUT2D eigenvalue weighted by Crippen LogP contribution is 2.43. The van der Waals surface area contributed by atoms with Gasteiger partial charge in [0.15, 0.2) is 6.61 Å². The second kappa shape index (κ2) is 13.6. The number of carbonyl (C=O) groups excluding carboxylic acids is 1. The number of alkyl halides is 3. The van der Waals surface area contributed by atoms with Crippen LogP contribution >= 0.6 is 11.6 Å². The number of nitrogens with one attached hydrogen (secondary N) is 2. The highest BCUT2D eigenvalue weighted by atomic mass is 35.5. The van der Waals surface area contributed by atoms with Gasteiger partial charge in [0.25, 0.3) is 5.91 Å². The number of sulfonamides is 2. The number of hydrogen-bond acceptors (Lipinski definition) is 12. The van der Waals surface area contributed by atoms with Gasteiger partial charge in [-0.25, -0.2) is 21.6 Å². The number of carbonyl (C=O) groups is 1. The third kappa shape index (κ3) is 8.25. The van der Waals surface area contributed by atoms with Crippen LogP contribution in [0.15, 0.2) is 53.4 Å². The van der Waals surface area contributed by atoms with E-state index in [9.17, 15) is 34.8 Å². The van der Waals surface area contributed by atoms with E-state index in [4.69, 9.17) is 16.3 Å². The molecule has 1 saturated heterocycles. The summed E-state index contributed by atoms with van der Waals surface area (Å²) in [4.78, 5) is 28.3. The molecule has 0 atom stereocenters. The number of aromatic nitrogens is 3. The lowest BCUT2D eigenvalue weighted by atomic mass is 10.2. The monoisotopic (exact) mass is 732 g/mol. The summed E-state index contributed by atoms with van der Waals surface area (Å²) in [5.41, 5.74) is 0.371. The largest absolute Gasteiger partial charge is 0.454 e. The van der Waals surface area contributed by atoms with Crippen LogP contribution in [0.2, 0.25) is 5.02 Å². The molecular weight excluding hydrogens is 701 g/mol. The van der Waals surface area contributed by atoms with Crippen molar-refractivity contribution in [3.05, 3.63) is 59.1 Å². The van der Waals surface area contributed by atoms with Crippen LogP contribution in [0.25, 0.3) is 0 Å². The maximum absolute atomic E-state index is 13.1. The third-order valence-corrected chi connectivity index (χ3v) is 12.1. The van der Waals surface area contributed by atoms with Crippen LogP contribution < -0.4 is 19.7 Å². The van der Waals surface area contributed by atoms with Crippen LogP contribution in [0.5, 0.6) is 6.01 Å². The van der Waals surface area contributed by atoms with Crippen LogP contribution in [0.1, 0.15) is 23.2 Å². The number of rotatable bonds is 12. The molecule has 1 aliphatic heterocycles. The number of halogens is 4. The van der Waals surface area contributed by atoms with Crippen molar-refractivity contribution in [2.45, 2.75) is 28.7 Å². The molecule has 1 amide bonds. The number of nitrogens with zero attached hydrogens (tertiary/aromatic N) is 6. The van der Waals surface area contributed by atoms with E-state index >= 15 is 0 Å². The zero-order chi connectivity index (χ0) is 34.9.